The molecule has 1 aromatic heterocycles. The van der Waals surface area contributed by atoms with Crippen molar-refractivity contribution in [1.82, 2.24) is 4.57 Å². The van der Waals surface area contributed by atoms with E-state index in [2.05, 4.69) is 15.9 Å². The quantitative estimate of drug-likeness (QED) is 0.790. The summed E-state index contributed by atoms with van der Waals surface area (Å²) in [5, 5.41) is 21.2. The highest BCUT2D eigenvalue weighted by atomic mass is 79.9. The van der Waals surface area contributed by atoms with E-state index in [0.29, 0.717) is 23.4 Å². The fourth-order valence-corrected chi connectivity index (χ4v) is 5.08. The summed E-state index contributed by atoms with van der Waals surface area (Å²) in [6.45, 7) is 1.95. The van der Waals surface area contributed by atoms with Crippen molar-refractivity contribution < 1.29 is 15.0 Å². The van der Waals surface area contributed by atoms with Gasteiger partial charge < -0.3 is 10.2 Å². The van der Waals surface area contributed by atoms with Crippen molar-refractivity contribution in [3.05, 3.63) is 39.4 Å². The van der Waals surface area contributed by atoms with Gasteiger partial charge in [-0.1, -0.05) is 15.9 Å². The fraction of sp³-hybridized carbons (Fsp3) is 0.312. The SMILES string of the molecule is Cc1cc(-n2c(O)c3c(c2O)C2CSC3CC2=O)ccc1Br. The summed E-state index contributed by atoms with van der Waals surface area (Å²) in [5.74, 6) is 0.609. The third-order valence-corrected chi connectivity index (χ3v) is 6.73. The van der Waals surface area contributed by atoms with Crippen molar-refractivity contribution in [1.29, 1.82) is 0 Å². The summed E-state index contributed by atoms with van der Waals surface area (Å²) in [6, 6.07) is 5.61. The highest BCUT2D eigenvalue weighted by Gasteiger charge is 2.45. The van der Waals surface area contributed by atoms with Gasteiger partial charge in [-0.15, -0.1) is 0 Å². The average Bonchev–Trinajstić information content (AvgIpc) is 2.76. The highest BCUT2D eigenvalue weighted by molar-refractivity contribution is 9.10. The van der Waals surface area contributed by atoms with Crippen LogP contribution in [-0.4, -0.2) is 26.3 Å². The highest BCUT2D eigenvalue weighted by Crippen LogP contribution is 2.57. The maximum atomic E-state index is 12.1. The topological polar surface area (TPSA) is 62.5 Å². The van der Waals surface area contributed by atoms with E-state index in [1.54, 1.807) is 11.8 Å². The van der Waals surface area contributed by atoms with Gasteiger partial charge in [-0.25, -0.2) is 0 Å². The molecule has 2 N–H and O–H groups in total. The maximum Gasteiger partial charge on any atom is 0.203 e. The molecule has 114 valence electrons. The number of halogens is 1. The van der Waals surface area contributed by atoms with Gasteiger partial charge in [-0.3, -0.25) is 9.36 Å². The summed E-state index contributed by atoms with van der Waals surface area (Å²) in [7, 11) is 0. The van der Waals surface area contributed by atoms with Crippen LogP contribution in [0.4, 0.5) is 0 Å². The molecular weight excluding hydrogens is 366 g/mol. The van der Waals surface area contributed by atoms with Crippen LogP contribution >= 0.6 is 27.7 Å². The minimum atomic E-state index is -0.298. The van der Waals surface area contributed by atoms with E-state index in [1.807, 2.05) is 25.1 Å². The molecule has 2 unspecified atom stereocenters. The lowest BCUT2D eigenvalue weighted by molar-refractivity contribution is -0.120. The molecule has 0 spiro atoms. The Morgan fingerprint density at radius 2 is 2.00 bits per heavy atom. The second-order valence-electron chi connectivity index (χ2n) is 5.79. The van der Waals surface area contributed by atoms with E-state index in [1.165, 1.54) is 4.57 Å². The molecule has 1 saturated heterocycles. The van der Waals surface area contributed by atoms with Crippen molar-refractivity contribution in [2.24, 2.45) is 0 Å². The number of Topliss-reactive ketones (excluding diaryl/α,β-unsaturated/α-hetero) is 1. The number of thioether (sulfide) groups is 1. The number of aromatic nitrogens is 1. The van der Waals surface area contributed by atoms with E-state index < -0.39 is 0 Å². The number of hydrogen-bond acceptors (Lipinski definition) is 4. The number of aromatic hydroxyl groups is 2. The zero-order valence-electron chi connectivity index (χ0n) is 11.8. The molecule has 3 heterocycles. The summed E-state index contributed by atoms with van der Waals surface area (Å²) in [5.41, 5.74) is 3.07. The van der Waals surface area contributed by atoms with Gasteiger partial charge in [0.05, 0.1) is 11.6 Å². The Morgan fingerprint density at radius 3 is 2.68 bits per heavy atom. The molecule has 3 aliphatic rings. The number of carbonyl (C=O) groups is 1. The number of nitrogens with zero attached hydrogens (tertiary/aromatic N) is 1. The smallest absolute Gasteiger partial charge is 0.203 e. The molecule has 5 rings (SSSR count). The van der Waals surface area contributed by atoms with Crippen molar-refractivity contribution in [3.8, 4) is 17.4 Å². The number of aryl methyl sites for hydroxylation is 1. The summed E-state index contributed by atoms with van der Waals surface area (Å²) in [6.07, 6.45) is 0.443. The zero-order chi connectivity index (χ0) is 15.6. The molecule has 0 saturated carbocycles. The largest absolute Gasteiger partial charge is 0.494 e. The summed E-state index contributed by atoms with van der Waals surface area (Å²) >= 11 is 5.13. The lowest BCUT2D eigenvalue weighted by atomic mass is 9.84. The predicted molar refractivity (Wildman–Crippen MR) is 89.1 cm³/mol. The van der Waals surface area contributed by atoms with Gasteiger partial charge in [0.15, 0.2) is 0 Å². The number of fused-ring (bicyclic) bond motifs is 2. The zero-order valence-corrected chi connectivity index (χ0v) is 14.2. The molecule has 1 aromatic carbocycles. The Bertz CT molecular complexity index is 814. The van der Waals surface area contributed by atoms with Crippen LogP contribution in [0.15, 0.2) is 22.7 Å². The molecule has 2 aromatic rings. The minimum Gasteiger partial charge on any atom is -0.494 e. The van der Waals surface area contributed by atoms with Crippen LogP contribution in [0.5, 0.6) is 11.8 Å². The van der Waals surface area contributed by atoms with E-state index in [4.69, 9.17) is 0 Å². The Hall–Kier alpha value is -1.40. The van der Waals surface area contributed by atoms with Gasteiger partial charge in [0, 0.05) is 33.0 Å². The number of hydrogen-bond donors (Lipinski definition) is 2. The molecule has 2 atom stereocenters. The van der Waals surface area contributed by atoms with Crippen molar-refractivity contribution in [2.75, 3.05) is 5.75 Å². The summed E-state index contributed by atoms with van der Waals surface area (Å²) in [4.78, 5) is 12.1. The lowest BCUT2D eigenvalue weighted by Crippen LogP contribution is -2.28. The van der Waals surface area contributed by atoms with Gasteiger partial charge in [-0.05, 0) is 30.7 Å². The second-order valence-corrected chi connectivity index (χ2v) is 7.88. The molecule has 2 aliphatic heterocycles. The predicted octanol–water partition coefficient (Wildman–Crippen LogP) is 3.80. The van der Waals surface area contributed by atoms with Crippen LogP contribution in [-0.2, 0) is 4.79 Å². The molecular formula is C16H14BrNO3S. The number of rotatable bonds is 1. The van der Waals surface area contributed by atoms with Gasteiger partial charge in [0.2, 0.25) is 11.8 Å². The molecule has 22 heavy (non-hydrogen) atoms. The molecule has 0 radical (unpaired) electrons. The molecule has 0 amide bonds. The van der Waals surface area contributed by atoms with Crippen LogP contribution in [0.25, 0.3) is 5.69 Å². The van der Waals surface area contributed by atoms with Crippen molar-refractivity contribution in [2.45, 2.75) is 24.5 Å². The number of benzene rings is 1. The fourth-order valence-electron chi connectivity index (χ4n) is 3.37. The molecule has 4 nitrogen and oxygen atoms in total. The standard InChI is InChI=1S/C16H14BrNO3S/c1-7-4-8(2-3-10(7)17)18-15(20)13-9-6-22-12(5-11(9)19)14(13)16(18)21/h2-4,9,12,20-21H,5-6H2,1H3. The van der Waals surface area contributed by atoms with Gasteiger partial charge >= 0.3 is 0 Å². The van der Waals surface area contributed by atoms with E-state index in [9.17, 15) is 15.0 Å². The van der Waals surface area contributed by atoms with Gasteiger partial charge in [0.1, 0.15) is 5.78 Å². The average molecular weight is 380 g/mol. The third-order valence-electron chi connectivity index (χ3n) is 4.51. The van der Waals surface area contributed by atoms with E-state index in [-0.39, 0.29) is 28.7 Å². The molecule has 1 fully saturated rings. The van der Waals surface area contributed by atoms with Crippen LogP contribution in [0, 0.1) is 6.92 Å². The Labute approximate surface area is 140 Å². The van der Waals surface area contributed by atoms with Crippen LogP contribution in [0.3, 0.4) is 0 Å². The van der Waals surface area contributed by atoms with E-state index in [0.717, 1.165) is 15.6 Å². The Kier molecular flexibility index (Phi) is 3.10. The molecule has 6 heteroatoms. The van der Waals surface area contributed by atoms with Gasteiger partial charge in [0.25, 0.3) is 0 Å². The van der Waals surface area contributed by atoms with E-state index >= 15 is 0 Å². The normalized spacial score (nSPS) is 22.9. The number of carbonyl (C=O) groups excluding carboxylic acids is 1. The van der Waals surface area contributed by atoms with Crippen LogP contribution in [0.2, 0.25) is 0 Å². The monoisotopic (exact) mass is 379 g/mol. The Morgan fingerprint density at radius 1 is 1.27 bits per heavy atom. The van der Waals surface area contributed by atoms with Crippen LogP contribution < -0.4 is 0 Å². The molecule has 1 aliphatic carbocycles. The van der Waals surface area contributed by atoms with Crippen molar-refractivity contribution in [3.63, 3.8) is 0 Å². The van der Waals surface area contributed by atoms with Gasteiger partial charge in [-0.2, -0.15) is 11.8 Å². The van der Waals surface area contributed by atoms with Crippen molar-refractivity contribution >= 4 is 33.5 Å². The third kappa shape index (κ3) is 1.80. The first-order valence-electron chi connectivity index (χ1n) is 7.06. The van der Waals surface area contributed by atoms with Crippen LogP contribution in [0.1, 0.15) is 34.3 Å². The lowest BCUT2D eigenvalue weighted by Gasteiger charge is -2.33. The Balaban J connectivity index is 1.96. The second kappa shape index (κ2) is 4.80. The minimum absolute atomic E-state index is 0.00225. The first kappa shape index (κ1) is 14.2. The first-order valence-corrected chi connectivity index (χ1v) is 8.90. The first-order chi connectivity index (χ1) is 10.5. The number of ketones is 1. The summed E-state index contributed by atoms with van der Waals surface area (Å²) < 4.78 is 2.42. The molecule has 2 bridgehead atoms. The maximum absolute atomic E-state index is 12.1.